The average Bonchev–Trinajstić information content (AvgIpc) is 2.06. The molecule has 0 aliphatic heterocycles. The Hall–Kier alpha value is -0.730. The van der Waals surface area contributed by atoms with E-state index in [0.717, 1.165) is 11.1 Å². The molecule has 3 heteroatoms. The number of benzene rings is 1. The van der Waals surface area contributed by atoms with Crippen LogP contribution < -0.4 is 5.32 Å². The van der Waals surface area contributed by atoms with Crippen molar-refractivity contribution in [2.24, 2.45) is 0 Å². The van der Waals surface area contributed by atoms with Crippen molar-refractivity contribution in [3.63, 3.8) is 0 Å². The van der Waals surface area contributed by atoms with Crippen molar-refractivity contribution in [1.29, 1.82) is 0 Å². The topological polar surface area (TPSA) is 32.3 Å². The molecule has 0 aromatic heterocycles. The van der Waals surface area contributed by atoms with Gasteiger partial charge in [-0.15, -0.1) is 0 Å². The van der Waals surface area contributed by atoms with Gasteiger partial charge in [-0.1, -0.05) is 11.6 Å². The molecule has 0 saturated carbocycles. The lowest BCUT2D eigenvalue weighted by Gasteiger charge is -2.08. The third-order valence-electron chi connectivity index (χ3n) is 1.86. The van der Waals surface area contributed by atoms with E-state index in [4.69, 9.17) is 11.6 Å². The summed E-state index contributed by atoms with van der Waals surface area (Å²) in [6.45, 7) is 2.53. The molecule has 0 radical (unpaired) electrons. The minimum atomic E-state index is 0.297. The van der Waals surface area contributed by atoms with Crippen LogP contribution in [0.3, 0.4) is 0 Å². The Labute approximate surface area is 77.2 Å². The zero-order valence-electron chi connectivity index (χ0n) is 7.19. The zero-order chi connectivity index (χ0) is 9.14. The maximum absolute atomic E-state index is 9.45. The SMILES string of the molecule is CNCc1c(O)ccc(Cl)c1C. The van der Waals surface area contributed by atoms with Crippen molar-refractivity contribution in [2.45, 2.75) is 13.5 Å². The van der Waals surface area contributed by atoms with Gasteiger partial charge in [0, 0.05) is 17.1 Å². The second kappa shape index (κ2) is 3.78. The molecule has 0 saturated heterocycles. The molecule has 0 amide bonds. The van der Waals surface area contributed by atoms with Crippen LogP contribution in [-0.2, 0) is 6.54 Å². The second-order valence-electron chi connectivity index (χ2n) is 2.70. The molecule has 0 aliphatic carbocycles. The number of rotatable bonds is 2. The summed E-state index contributed by atoms with van der Waals surface area (Å²) in [5, 5.41) is 13.1. The van der Waals surface area contributed by atoms with Crippen molar-refractivity contribution in [3.05, 3.63) is 28.3 Å². The van der Waals surface area contributed by atoms with Crippen LogP contribution >= 0.6 is 11.6 Å². The van der Waals surface area contributed by atoms with Crippen LogP contribution in [0.5, 0.6) is 5.75 Å². The minimum Gasteiger partial charge on any atom is -0.508 e. The summed E-state index contributed by atoms with van der Waals surface area (Å²) in [4.78, 5) is 0. The smallest absolute Gasteiger partial charge is 0.120 e. The highest BCUT2D eigenvalue weighted by molar-refractivity contribution is 6.31. The van der Waals surface area contributed by atoms with E-state index in [1.165, 1.54) is 0 Å². The lowest BCUT2D eigenvalue weighted by molar-refractivity contribution is 0.465. The molecular weight excluding hydrogens is 174 g/mol. The van der Waals surface area contributed by atoms with Crippen LogP contribution in [0.15, 0.2) is 12.1 Å². The molecule has 0 fully saturated rings. The molecule has 2 nitrogen and oxygen atoms in total. The highest BCUT2D eigenvalue weighted by Gasteiger charge is 2.06. The van der Waals surface area contributed by atoms with Gasteiger partial charge in [0.2, 0.25) is 0 Å². The standard InChI is InChI=1S/C9H12ClNO/c1-6-7(5-11-2)9(12)4-3-8(6)10/h3-4,11-12H,5H2,1-2H3. The Kier molecular flexibility index (Phi) is 2.95. The van der Waals surface area contributed by atoms with Crippen LogP contribution in [0.25, 0.3) is 0 Å². The number of hydrogen-bond acceptors (Lipinski definition) is 2. The first kappa shape index (κ1) is 9.36. The lowest BCUT2D eigenvalue weighted by atomic mass is 10.1. The maximum Gasteiger partial charge on any atom is 0.120 e. The predicted molar refractivity (Wildman–Crippen MR) is 50.6 cm³/mol. The fourth-order valence-electron chi connectivity index (χ4n) is 1.11. The van der Waals surface area contributed by atoms with E-state index in [-0.39, 0.29) is 0 Å². The summed E-state index contributed by atoms with van der Waals surface area (Å²) in [6, 6.07) is 3.31. The van der Waals surface area contributed by atoms with Gasteiger partial charge in [-0.25, -0.2) is 0 Å². The highest BCUT2D eigenvalue weighted by Crippen LogP contribution is 2.26. The van der Waals surface area contributed by atoms with E-state index in [9.17, 15) is 5.11 Å². The monoisotopic (exact) mass is 185 g/mol. The number of phenolic OH excluding ortho intramolecular Hbond substituents is 1. The summed E-state index contributed by atoms with van der Waals surface area (Å²) in [6.07, 6.45) is 0. The average molecular weight is 186 g/mol. The normalized spacial score (nSPS) is 10.2. The van der Waals surface area contributed by atoms with Gasteiger partial charge in [0.05, 0.1) is 0 Å². The third-order valence-corrected chi connectivity index (χ3v) is 2.27. The molecule has 1 rings (SSSR count). The van der Waals surface area contributed by atoms with Gasteiger partial charge in [-0.05, 0) is 31.7 Å². The van der Waals surface area contributed by atoms with Gasteiger partial charge in [-0.2, -0.15) is 0 Å². The van der Waals surface area contributed by atoms with Crippen molar-refractivity contribution in [3.8, 4) is 5.75 Å². The van der Waals surface area contributed by atoms with E-state index in [2.05, 4.69) is 5.32 Å². The molecular formula is C9H12ClNO. The molecule has 0 heterocycles. The lowest BCUT2D eigenvalue weighted by Crippen LogP contribution is -2.06. The number of hydrogen-bond donors (Lipinski definition) is 2. The van der Waals surface area contributed by atoms with Crippen LogP contribution in [0.1, 0.15) is 11.1 Å². The summed E-state index contributed by atoms with van der Waals surface area (Å²) < 4.78 is 0. The van der Waals surface area contributed by atoms with Crippen molar-refractivity contribution >= 4 is 11.6 Å². The Balaban J connectivity index is 3.14. The van der Waals surface area contributed by atoms with E-state index in [0.29, 0.717) is 17.3 Å². The van der Waals surface area contributed by atoms with Crippen LogP contribution in [0.4, 0.5) is 0 Å². The highest BCUT2D eigenvalue weighted by atomic mass is 35.5. The number of nitrogens with one attached hydrogen (secondary N) is 1. The first-order valence-corrected chi connectivity index (χ1v) is 4.16. The van der Waals surface area contributed by atoms with Gasteiger partial charge in [0.1, 0.15) is 5.75 Å². The molecule has 2 N–H and O–H groups in total. The quantitative estimate of drug-likeness (QED) is 0.740. The maximum atomic E-state index is 9.45. The number of phenols is 1. The molecule has 1 aromatic carbocycles. The summed E-state index contributed by atoms with van der Waals surface area (Å²) in [5.74, 6) is 0.297. The van der Waals surface area contributed by atoms with Crippen molar-refractivity contribution in [1.82, 2.24) is 5.32 Å². The van der Waals surface area contributed by atoms with Crippen LogP contribution in [0, 0.1) is 6.92 Å². The second-order valence-corrected chi connectivity index (χ2v) is 3.11. The molecule has 0 bridgehead atoms. The summed E-state index contributed by atoms with van der Waals surface area (Å²) >= 11 is 5.88. The predicted octanol–water partition coefficient (Wildman–Crippen LogP) is 2.07. The number of halogens is 1. The van der Waals surface area contributed by atoms with Gasteiger partial charge in [0.15, 0.2) is 0 Å². The zero-order valence-corrected chi connectivity index (χ0v) is 7.94. The molecule has 0 atom stereocenters. The summed E-state index contributed by atoms with van der Waals surface area (Å²) in [7, 11) is 1.83. The van der Waals surface area contributed by atoms with E-state index in [1.807, 2.05) is 14.0 Å². The molecule has 12 heavy (non-hydrogen) atoms. The van der Waals surface area contributed by atoms with E-state index < -0.39 is 0 Å². The molecule has 0 unspecified atom stereocenters. The van der Waals surface area contributed by atoms with E-state index in [1.54, 1.807) is 12.1 Å². The molecule has 66 valence electrons. The fraction of sp³-hybridized carbons (Fsp3) is 0.333. The first-order chi connectivity index (χ1) is 5.66. The Morgan fingerprint density at radius 3 is 2.75 bits per heavy atom. The Morgan fingerprint density at radius 1 is 1.50 bits per heavy atom. The van der Waals surface area contributed by atoms with Gasteiger partial charge in [-0.3, -0.25) is 0 Å². The molecule has 0 spiro atoms. The van der Waals surface area contributed by atoms with Gasteiger partial charge < -0.3 is 10.4 Å². The Morgan fingerprint density at radius 2 is 2.17 bits per heavy atom. The van der Waals surface area contributed by atoms with Gasteiger partial charge in [0.25, 0.3) is 0 Å². The van der Waals surface area contributed by atoms with Crippen molar-refractivity contribution < 1.29 is 5.11 Å². The fourth-order valence-corrected chi connectivity index (χ4v) is 1.29. The van der Waals surface area contributed by atoms with Crippen LogP contribution in [-0.4, -0.2) is 12.2 Å². The number of aromatic hydroxyl groups is 1. The first-order valence-electron chi connectivity index (χ1n) is 3.78. The largest absolute Gasteiger partial charge is 0.508 e. The summed E-state index contributed by atoms with van der Waals surface area (Å²) in [5.41, 5.74) is 1.80. The Bertz CT molecular complexity index is 286. The third kappa shape index (κ3) is 1.71. The van der Waals surface area contributed by atoms with Gasteiger partial charge >= 0.3 is 0 Å². The van der Waals surface area contributed by atoms with E-state index >= 15 is 0 Å². The molecule has 0 aliphatic rings. The molecule has 1 aromatic rings. The van der Waals surface area contributed by atoms with Crippen molar-refractivity contribution in [2.75, 3.05) is 7.05 Å². The van der Waals surface area contributed by atoms with Crippen LogP contribution in [0.2, 0.25) is 5.02 Å². The minimum absolute atomic E-state index is 0.297.